The molecular weight excluding hydrogens is 416 g/mol. The van der Waals surface area contributed by atoms with Crippen LogP contribution in [0.25, 0.3) is 22.6 Å². The van der Waals surface area contributed by atoms with Gasteiger partial charge < -0.3 is 14.5 Å². The van der Waals surface area contributed by atoms with Gasteiger partial charge in [-0.25, -0.2) is 9.78 Å². The second kappa shape index (κ2) is 9.61. The quantitative estimate of drug-likeness (QED) is 0.539. The number of aromatic nitrogens is 1. The lowest BCUT2D eigenvalue weighted by atomic mass is 9.86. The monoisotopic (exact) mass is 444 g/mol. The van der Waals surface area contributed by atoms with E-state index in [-0.39, 0.29) is 18.6 Å². The van der Waals surface area contributed by atoms with E-state index >= 15 is 0 Å². The van der Waals surface area contributed by atoms with Gasteiger partial charge in [0, 0.05) is 11.4 Å². The van der Waals surface area contributed by atoms with E-state index in [1.165, 1.54) is 6.42 Å². The maximum atomic E-state index is 13.3. The summed E-state index contributed by atoms with van der Waals surface area (Å²) in [6, 6.07) is 11.5. The van der Waals surface area contributed by atoms with Gasteiger partial charge in [-0.2, -0.15) is 0 Å². The van der Waals surface area contributed by atoms with Crippen LogP contribution in [0.5, 0.6) is 0 Å². The topological polar surface area (TPSA) is 81.4 Å². The molecule has 0 saturated heterocycles. The van der Waals surface area contributed by atoms with E-state index in [4.69, 9.17) is 14.1 Å². The van der Waals surface area contributed by atoms with Gasteiger partial charge in [-0.15, -0.1) is 0 Å². The third kappa shape index (κ3) is 4.70. The second-order valence-electron chi connectivity index (χ2n) is 8.85. The Morgan fingerprint density at radius 3 is 2.73 bits per heavy atom. The van der Waals surface area contributed by atoms with Gasteiger partial charge in [-0.3, -0.25) is 4.79 Å². The fraction of sp³-hybridized carbons (Fsp3) is 0.370. The molecule has 2 heterocycles. The molecule has 3 aromatic rings. The van der Waals surface area contributed by atoms with Crippen LogP contribution in [0.2, 0.25) is 0 Å². The maximum absolute atomic E-state index is 13.3. The summed E-state index contributed by atoms with van der Waals surface area (Å²) in [7, 11) is 0. The number of benzene rings is 1. The van der Waals surface area contributed by atoms with Crippen molar-refractivity contribution < 1.29 is 18.7 Å². The Morgan fingerprint density at radius 1 is 1.06 bits per heavy atom. The highest BCUT2D eigenvalue weighted by molar-refractivity contribution is 6.07. The van der Waals surface area contributed by atoms with Gasteiger partial charge in [0.05, 0.1) is 23.0 Å². The Bertz CT molecular complexity index is 1190. The van der Waals surface area contributed by atoms with Crippen molar-refractivity contribution in [3.8, 4) is 0 Å². The minimum atomic E-state index is -0.470. The summed E-state index contributed by atoms with van der Waals surface area (Å²) in [6.07, 6.45) is 11.6. The van der Waals surface area contributed by atoms with E-state index in [0.717, 1.165) is 78.4 Å². The second-order valence-corrected chi connectivity index (χ2v) is 8.85. The zero-order chi connectivity index (χ0) is 22.6. The molecule has 1 amide bonds. The number of ether oxygens (including phenoxy) is 1. The molecular formula is C27H28N2O4. The van der Waals surface area contributed by atoms with Crippen LogP contribution in [0.1, 0.15) is 72.3 Å². The van der Waals surface area contributed by atoms with Crippen molar-refractivity contribution in [1.29, 1.82) is 0 Å². The first kappa shape index (κ1) is 21.4. The number of allylic oxidation sites excluding steroid dienone is 1. The third-order valence-corrected chi connectivity index (χ3v) is 6.54. The molecule has 1 saturated carbocycles. The number of nitrogens with one attached hydrogen (secondary N) is 1. The maximum Gasteiger partial charge on any atom is 0.339 e. The fourth-order valence-corrected chi connectivity index (χ4v) is 4.97. The van der Waals surface area contributed by atoms with Gasteiger partial charge in [0.15, 0.2) is 6.61 Å². The molecule has 0 atom stereocenters. The number of pyridine rings is 1. The van der Waals surface area contributed by atoms with Gasteiger partial charge >= 0.3 is 5.97 Å². The molecule has 2 aliphatic carbocycles. The van der Waals surface area contributed by atoms with Crippen LogP contribution < -0.4 is 5.32 Å². The number of carbonyl (C=O) groups excluding carboxylic acids is 2. The lowest BCUT2D eigenvalue weighted by Gasteiger charge is -2.23. The number of nitrogens with zero attached hydrogens (tertiary/aromatic N) is 1. The van der Waals surface area contributed by atoms with Crippen molar-refractivity contribution in [2.45, 2.75) is 57.4 Å². The van der Waals surface area contributed by atoms with Crippen LogP contribution in [0.15, 0.2) is 47.1 Å². The number of hydrogen-bond acceptors (Lipinski definition) is 5. The fourth-order valence-electron chi connectivity index (χ4n) is 4.97. The number of esters is 1. The number of furan rings is 1. The third-order valence-electron chi connectivity index (χ3n) is 6.54. The standard InChI is InChI=1S/C27H28N2O4/c30-24(28-19-9-2-1-3-10-19)17-33-27(31)25-21-12-4-5-14-23(21)29-26-18(8-6-13-22(25)26)16-20-11-7-15-32-20/h4-5,7,11-12,14-16,19H,1-3,6,8-10,13,17H2,(H,28,30). The van der Waals surface area contributed by atoms with Gasteiger partial charge in [0.1, 0.15) is 5.76 Å². The number of carbonyl (C=O) groups is 2. The first-order valence-corrected chi connectivity index (χ1v) is 11.8. The van der Waals surface area contributed by atoms with Crippen LogP contribution in [-0.2, 0) is 16.0 Å². The highest BCUT2D eigenvalue weighted by atomic mass is 16.5. The van der Waals surface area contributed by atoms with E-state index in [1.54, 1.807) is 6.26 Å². The van der Waals surface area contributed by atoms with Crippen LogP contribution in [0, 0.1) is 0 Å². The number of rotatable bonds is 5. The average molecular weight is 445 g/mol. The predicted octanol–water partition coefficient (Wildman–Crippen LogP) is 5.31. The van der Waals surface area contributed by atoms with Gasteiger partial charge in [-0.1, -0.05) is 37.5 Å². The van der Waals surface area contributed by atoms with Crippen molar-refractivity contribution in [2.24, 2.45) is 0 Å². The zero-order valence-electron chi connectivity index (χ0n) is 18.6. The summed E-state index contributed by atoms with van der Waals surface area (Å²) in [5, 5.41) is 3.77. The van der Waals surface area contributed by atoms with Crippen LogP contribution in [0.4, 0.5) is 0 Å². The van der Waals surface area contributed by atoms with E-state index in [9.17, 15) is 9.59 Å². The molecule has 0 bridgehead atoms. The van der Waals surface area contributed by atoms with E-state index in [1.807, 2.05) is 42.5 Å². The van der Waals surface area contributed by atoms with Crippen molar-refractivity contribution in [2.75, 3.05) is 6.61 Å². The minimum Gasteiger partial charge on any atom is -0.465 e. The number of hydrogen-bond donors (Lipinski definition) is 1. The summed E-state index contributed by atoms with van der Waals surface area (Å²) in [4.78, 5) is 30.6. The molecule has 5 rings (SSSR count). The minimum absolute atomic E-state index is 0.189. The van der Waals surface area contributed by atoms with Crippen LogP contribution in [0.3, 0.4) is 0 Å². The molecule has 170 valence electrons. The number of para-hydroxylation sites is 1. The largest absolute Gasteiger partial charge is 0.465 e. The normalized spacial score (nSPS) is 17.6. The summed E-state index contributed by atoms with van der Waals surface area (Å²) in [5.74, 6) is 0.0556. The molecule has 1 aromatic carbocycles. The molecule has 0 aliphatic heterocycles. The lowest BCUT2D eigenvalue weighted by Crippen LogP contribution is -2.38. The molecule has 2 aromatic heterocycles. The van der Waals surface area contributed by atoms with Crippen molar-refractivity contribution in [3.05, 3.63) is 65.2 Å². The van der Waals surface area contributed by atoms with Gasteiger partial charge in [-0.05, 0) is 67.5 Å². The van der Waals surface area contributed by atoms with Crippen molar-refractivity contribution in [3.63, 3.8) is 0 Å². The summed E-state index contributed by atoms with van der Waals surface area (Å²) >= 11 is 0. The van der Waals surface area contributed by atoms with Crippen molar-refractivity contribution >= 4 is 34.4 Å². The average Bonchev–Trinajstić information content (AvgIpc) is 3.35. The van der Waals surface area contributed by atoms with Crippen LogP contribution in [-0.4, -0.2) is 29.5 Å². The Morgan fingerprint density at radius 2 is 1.91 bits per heavy atom. The molecule has 0 unspecified atom stereocenters. The molecule has 0 radical (unpaired) electrons. The van der Waals surface area contributed by atoms with E-state index in [2.05, 4.69) is 5.32 Å². The molecule has 6 heteroatoms. The zero-order valence-corrected chi connectivity index (χ0v) is 18.6. The van der Waals surface area contributed by atoms with Crippen molar-refractivity contribution in [1.82, 2.24) is 10.3 Å². The lowest BCUT2D eigenvalue weighted by molar-refractivity contribution is -0.125. The molecule has 0 spiro atoms. The van der Waals surface area contributed by atoms with Crippen LogP contribution >= 0.6 is 0 Å². The molecule has 33 heavy (non-hydrogen) atoms. The highest BCUT2D eigenvalue weighted by Crippen LogP contribution is 2.36. The smallest absolute Gasteiger partial charge is 0.339 e. The van der Waals surface area contributed by atoms with Gasteiger partial charge in [0.2, 0.25) is 0 Å². The SMILES string of the molecule is O=C(COC(=O)c1c2c(nc3ccccc13)C(=Cc1ccco1)CCC2)NC1CCCCC1. The summed E-state index contributed by atoms with van der Waals surface area (Å²) in [6.45, 7) is -0.268. The number of fused-ring (bicyclic) bond motifs is 2. The summed E-state index contributed by atoms with van der Waals surface area (Å²) < 4.78 is 11.0. The highest BCUT2D eigenvalue weighted by Gasteiger charge is 2.27. The molecule has 2 aliphatic rings. The molecule has 6 nitrogen and oxygen atoms in total. The van der Waals surface area contributed by atoms with E-state index < -0.39 is 5.97 Å². The molecule has 1 fully saturated rings. The Kier molecular flexibility index (Phi) is 6.24. The predicted molar refractivity (Wildman–Crippen MR) is 127 cm³/mol. The Labute approximate surface area is 193 Å². The first-order valence-electron chi connectivity index (χ1n) is 11.8. The Hall–Kier alpha value is -3.41. The Balaban J connectivity index is 1.43. The summed E-state index contributed by atoms with van der Waals surface area (Å²) in [5.41, 5.74) is 4.00. The van der Waals surface area contributed by atoms with Gasteiger partial charge in [0.25, 0.3) is 5.91 Å². The first-order chi connectivity index (χ1) is 16.2. The van der Waals surface area contributed by atoms with E-state index in [0.29, 0.717) is 5.56 Å². The number of amides is 1. The molecule has 1 N–H and O–H groups in total.